The lowest BCUT2D eigenvalue weighted by Crippen LogP contribution is -2.66. The molecule has 200 valence electrons. The molecule has 39 heavy (non-hydrogen) atoms. The second kappa shape index (κ2) is 9.42. The van der Waals surface area contributed by atoms with Crippen molar-refractivity contribution in [2.75, 3.05) is 26.2 Å². The molecule has 2 aliphatic rings. The van der Waals surface area contributed by atoms with E-state index in [-0.39, 0.29) is 11.7 Å². The molecule has 2 saturated heterocycles. The molecule has 2 fully saturated rings. The number of nitrogens with one attached hydrogen (secondary N) is 1. The first-order valence-corrected chi connectivity index (χ1v) is 12.4. The minimum Gasteiger partial charge on any atom is -0.346 e. The Labute approximate surface area is 220 Å². The van der Waals surface area contributed by atoms with Gasteiger partial charge in [-0.3, -0.25) is 14.4 Å². The lowest BCUT2D eigenvalue weighted by molar-refractivity contribution is -0.145. The Hall–Kier alpha value is -4.38. The fraction of sp³-hybridized carbons (Fsp3) is 0.400. The lowest BCUT2D eigenvalue weighted by Gasteiger charge is -2.53. The van der Waals surface area contributed by atoms with Gasteiger partial charge in [-0.25, -0.2) is 19.9 Å². The highest BCUT2D eigenvalue weighted by atomic mass is 19.4. The molecule has 0 unspecified atom stereocenters. The molecule has 4 aromatic heterocycles. The molecule has 6 rings (SSSR count). The summed E-state index contributed by atoms with van der Waals surface area (Å²) < 4.78 is 40.7. The predicted octanol–water partition coefficient (Wildman–Crippen LogP) is 2.86. The van der Waals surface area contributed by atoms with Gasteiger partial charge in [0.1, 0.15) is 23.2 Å². The van der Waals surface area contributed by atoms with E-state index in [0.29, 0.717) is 45.4 Å². The average Bonchev–Trinajstić information content (AvgIpc) is 3.60. The van der Waals surface area contributed by atoms with Crippen LogP contribution in [0.1, 0.15) is 35.6 Å². The second-order valence-corrected chi connectivity index (χ2v) is 9.89. The number of likely N-dealkylation sites (tertiary alicyclic amines) is 2. The van der Waals surface area contributed by atoms with Gasteiger partial charge in [-0.2, -0.15) is 23.5 Å². The van der Waals surface area contributed by atoms with Crippen molar-refractivity contribution in [3.63, 3.8) is 0 Å². The normalized spacial score (nSPS) is 18.2. The zero-order valence-electron chi connectivity index (χ0n) is 20.6. The van der Waals surface area contributed by atoms with Crippen LogP contribution in [0.3, 0.4) is 0 Å². The quantitative estimate of drug-likeness (QED) is 0.412. The molecule has 0 radical (unpaired) electrons. The number of carbonyl (C=O) groups is 1. The first-order chi connectivity index (χ1) is 18.8. The number of aromatic nitrogens is 7. The van der Waals surface area contributed by atoms with E-state index in [9.17, 15) is 23.2 Å². The van der Waals surface area contributed by atoms with Crippen molar-refractivity contribution >= 4 is 16.9 Å². The Morgan fingerprint density at radius 1 is 1.18 bits per heavy atom. The molecule has 0 bridgehead atoms. The van der Waals surface area contributed by atoms with E-state index in [4.69, 9.17) is 0 Å². The van der Waals surface area contributed by atoms with Crippen molar-refractivity contribution in [3.05, 3.63) is 54.8 Å². The largest absolute Gasteiger partial charge is 0.451 e. The minimum absolute atomic E-state index is 0.188. The number of hydrogen-bond donors (Lipinski definition) is 1. The van der Waals surface area contributed by atoms with Crippen LogP contribution in [0.5, 0.6) is 0 Å². The Bertz CT molecular complexity index is 1560. The molecule has 1 amide bonds. The predicted molar refractivity (Wildman–Crippen MR) is 131 cm³/mol. The van der Waals surface area contributed by atoms with Crippen LogP contribution in [-0.2, 0) is 11.7 Å². The highest BCUT2D eigenvalue weighted by Crippen LogP contribution is 2.37. The highest BCUT2D eigenvalue weighted by Gasteiger charge is 2.48. The van der Waals surface area contributed by atoms with E-state index in [1.54, 1.807) is 12.4 Å². The molecule has 0 saturated carbocycles. The average molecular weight is 537 g/mol. The number of amides is 1. The molecule has 14 heteroatoms. The number of nitriles is 1. The number of rotatable bonds is 5. The van der Waals surface area contributed by atoms with Crippen LogP contribution >= 0.6 is 0 Å². The first-order valence-electron chi connectivity index (χ1n) is 12.4. The molecular weight excluding hydrogens is 513 g/mol. The van der Waals surface area contributed by atoms with Crippen LogP contribution < -0.4 is 0 Å². The Balaban J connectivity index is 1.11. The Morgan fingerprint density at radius 2 is 1.97 bits per heavy atom. The number of piperidine rings is 1. The van der Waals surface area contributed by atoms with Crippen LogP contribution in [0.25, 0.3) is 22.3 Å². The summed E-state index contributed by atoms with van der Waals surface area (Å²) in [5, 5.41) is 15.1. The number of nitrogens with zero attached hydrogens (tertiary/aromatic N) is 9. The minimum atomic E-state index is -4.71. The molecule has 6 heterocycles. The van der Waals surface area contributed by atoms with Crippen LogP contribution in [-0.4, -0.2) is 82.6 Å². The van der Waals surface area contributed by atoms with Gasteiger partial charge < -0.3 is 9.88 Å². The van der Waals surface area contributed by atoms with Crippen LogP contribution in [0, 0.1) is 11.3 Å². The van der Waals surface area contributed by atoms with E-state index >= 15 is 0 Å². The summed E-state index contributed by atoms with van der Waals surface area (Å²) >= 11 is 0. The second-order valence-electron chi connectivity index (χ2n) is 9.89. The maximum Gasteiger partial charge on any atom is 0.451 e. The topological polar surface area (TPSA) is 133 Å². The number of carbonyl (C=O) groups excluding carboxylic acids is 1. The van der Waals surface area contributed by atoms with Gasteiger partial charge >= 0.3 is 6.18 Å². The van der Waals surface area contributed by atoms with Gasteiger partial charge in [-0.1, -0.05) is 0 Å². The van der Waals surface area contributed by atoms with Crippen molar-refractivity contribution in [2.45, 2.75) is 37.0 Å². The first kappa shape index (κ1) is 24.9. The van der Waals surface area contributed by atoms with E-state index in [1.165, 1.54) is 17.3 Å². The summed E-state index contributed by atoms with van der Waals surface area (Å²) in [6.45, 7) is 2.07. The SMILES string of the molecule is N#CCC1(n2cc(-c3ncnc4[nH]ccc34)cn2)CN(C2CCN(C(=O)c3ccnc(C(F)(F)F)n3)CC2)C1. The van der Waals surface area contributed by atoms with Gasteiger partial charge in [0.15, 0.2) is 0 Å². The number of H-pyrrole nitrogens is 1. The van der Waals surface area contributed by atoms with E-state index in [2.05, 4.69) is 41.0 Å². The van der Waals surface area contributed by atoms with Crippen molar-refractivity contribution in [2.24, 2.45) is 0 Å². The van der Waals surface area contributed by atoms with E-state index in [1.807, 2.05) is 16.9 Å². The Morgan fingerprint density at radius 3 is 2.72 bits per heavy atom. The number of halogens is 3. The van der Waals surface area contributed by atoms with Gasteiger partial charge in [-0.05, 0) is 25.0 Å². The lowest BCUT2D eigenvalue weighted by atomic mass is 9.83. The summed E-state index contributed by atoms with van der Waals surface area (Å²) in [6, 6.07) is 5.60. The monoisotopic (exact) mass is 536 g/mol. The molecule has 0 aliphatic carbocycles. The van der Waals surface area contributed by atoms with Crippen LogP contribution in [0.15, 0.2) is 43.2 Å². The number of fused-ring (bicyclic) bond motifs is 1. The zero-order chi connectivity index (χ0) is 27.2. The van der Waals surface area contributed by atoms with Crippen molar-refractivity contribution in [1.82, 2.24) is 44.5 Å². The third kappa shape index (κ3) is 4.48. The smallest absolute Gasteiger partial charge is 0.346 e. The zero-order valence-corrected chi connectivity index (χ0v) is 20.6. The molecule has 0 aromatic carbocycles. The van der Waals surface area contributed by atoms with Gasteiger partial charge in [-0.15, -0.1) is 0 Å². The fourth-order valence-corrected chi connectivity index (χ4v) is 5.47. The molecule has 0 atom stereocenters. The van der Waals surface area contributed by atoms with Gasteiger partial charge in [0, 0.05) is 61.8 Å². The summed E-state index contributed by atoms with van der Waals surface area (Å²) in [4.78, 5) is 35.0. The number of hydrogen-bond acceptors (Lipinski definition) is 8. The van der Waals surface area contributed by atoms with Crippen molar-refractivity contribution < 1.29 is 18.0 Å². The van der Waals surface area contributed by atoms with Crippen molar-refractivity contribution in [3.8, 4) is 17.3 Å². The highest BCUT2D eigenvalue weighted by molar-refractivity contribution is 5.92. The molecule has 4 aromatic rings. The summed E-state index contributed by atoms with van der Waals surface area (Å²) in [5.41, 5.74) is 1.60. The van der Waals surface area contributed by atoms with Gasteiger partial charge in [0.05, 0.1) is 24.4 Å². The molecular formula is C25H23F3N10O. The van der Waals surface area contributed by atoms with Crippen molar-refractivity contribution in [1.29, 1.82) is 5.26 Å². The third-order valence-electron chi connectivity index (χ3n) is 7.50. The fourth-order valence-electron chi connectivity index (χ4n) is 5.47. The molecule has 11 nitrogen and oxygen atoms in total. The third-order valence-corrected chi connectivity index (χ3v) is 7.50. The maximum absolute atomic E-state index is 12.9. The molecule has 2 aliphatic heterocycles. The summed E-state index contributed by atoms with van der Waals surface area (Å²) in [7, 11) is 0. The maximum atomic E-state index is 12.9. The molecule has 0 spiro atoms. The Kier molecular flexibility index (Phi) is 6.02. The van der Waals surface area contributed by atoms with Gasteiger partial charge in [0.25, 0.3) is 5.91 Å². The molecule has 1 N–H and O–H groups in total. The summed E-state index contributed by atoms with van der Waals surface area (Å²) in [6.07, 6.45) is 4.84. The van der Waals surface area contributed by atoms with Crippen LogP contribution in [0.2, 0.25) is 0 Å². The summed E-state index contributed by atoms with van der Waals surface area (Å²) in [5.74, 6) is -1.86. The van der Waals surface area contributed by atoms with E-state index < -0.39 is 23.4 Å². The van der Waals surface area contributed by atoms with Crippen LogP contribution in [0.4, 0.5) is 13.2 Å². The van der Waals surface area contributed by atoms with Gasteiger partial charge in [0.2, 0.25) is 5.82 Å². The van der Waals surface area contributed by atoms with E-state index in [0.717, 1.165) is 28.5 Å². The standard InChI is InChI=1S/C25H23F3N10O/c26-25(27,28)23-31-8-2-19(35-23)22(39)36-9-3-17(4-10-36)37-13-24(14-37,5-6-29)38-12-16(11-34-38)20-18-1-7-30-21(18)33-15-32-20/h1-2,7-8,11-12,15,17H,3-5,9-10,13-14H2,(H,30,32,33). The number of alkyl halides is 3. The number of aromatic amines is 1.